The Labute approximate surface area is 146 Å². The van der Waals surface area contributed by atoms with Crippen LogP contribution < -0.4 is 0 Å². The summed E-state index contributed by atoms with van der Waals surface area (Å²) in [5.41, 5.74) is 2.98. The molecule has 0 saturated carbocycles. The standard InChI is InChI=1S/C19H20N2O4/c1-12(21)16(10-20)18(23)11-25-19(24)8-7-17(22)15-6-5-13-3-2-4-14(13)9-15/h5-6,9,16,21H,2-4,7-8,11H2,1H3. The summed E-state index contributed by atoms with van der Waals surface area (Å²) in [6, 6.07) is 7.34. The first-order valence-electron chi connectivity index (χ1n) is 8.20. The Balaban J connectivity index is 1.80. The number of benzene rings is 1. The number of nitrogens with one attached hydrogen (secondary N) is 1. The van der Waals surface area contributed by atoms with Gasteiger partial charge in [-0.25, -0.2) is 0 Å². The van der Waals surface area contributed by atoms with Crippen LogP contribution in [0.2, 0.25) is 0 Å². The molecule has 0 aromatic heterocycles. The quantitative estimate of drug-likeness (QED) is 0.444. The van der Waals surface area contributed by atoms with Gasteiger partial charge in [-0.3, -0.25) is 14.4 Å². The minimum absolute atomic E-state index is 0.0110. The van der Waals surface area contributed by atoms with Crippen LogP contribution in [0.25, 0.3) is 0 Å². The normalized spacial score (nSPS) is 13.4. The lowest BCUT2D eigenvalue weighted by Crippen LogP contribution is -2.25. The van der Waals surface area contributed by atoms with E-state index in [0.717, 1.165) is 19.3 Å². The first-order chi connectivity index (χ1) is 11.9. The van der Waals surface area contributed by atoms with Crippen LogP contribution >= 0.6 is 0 Å². The van der Waals surface area contributed by atoms with Crippen molar-refractivity contribution in [1.29, 1.82) is 10.7 Å². The number of aryl methyl sites for hydroxylation is 2. The first-order valence-corrected chi connectivity index (χ1v) is 8.20. The van der Waals surface area contributed by atoms with E-state index in [-0.39, 0.29) is 24.3 Å². The zero-order chi connectivity index (χ0) is 18.4. The summed E-state index contributed by atoms with van der Waals surface area (Å²) >= 11 is 0. The molecule has 130 valence electrons. The van der Waals surface area contributed by atoms with Crippen molar-refractivity contribution in [3.05, 3.63) is 34.9 Å². The lowest BCUT2D eigenvalue weighted by atomic mass is 10.0. The topological polar surface area (TPSA) is 108 Å². The number of hydrogen-bond donors (Lipinski definition) is 1. The highest BCUT2D eigenvalue weighted by Gasteiger charge is 2.22. The van der Waals surface area contributed by atoms with E-state index in [0.29, 0.717) is 5.56 Å². The molecule has 0 amide bonds. The van der Waals surface area contributed by atoms with Crippen molar-refractivity contribution in [3.63, 3.8) is 0 Å². The third-order valence-corrected chi connectivity index (χ3v) is 4.24. The molecule has 1 unspecified atom stereocenters. The van der Waals surface area contributed by atoms with Crippen molar-refractivity contribution in [2.45, 2.75) is 39.0 Å². The number of esters is 1. The largest absolute Gasteiger partial charge is 0.458 e. The van der Waals surface area contributed by atoms with Crippen molar-refractivity contribution in [1.82, 2.24) is 0 Å². The van der Waals surface area contributed by atoms with Gasteiger partial charge in [-0.05, 0) is 43.4 Å². The number of nitrogens with zero attached hydrogens (tertiary/aromatic N) is 1. The molecule has 1 aromatic rings. The van der Waals surface area contributed by atoms with Gasteiger partial charge in [0.25, 0.3) is 0 Å². The zero-order valence-corrected chi connectivity index (χ0v) is 14.1. The number of carbonyl (C=O) groups is 3. The van der Waals surface area contributed by atoms with E-state index >= 15 is 0 Å². The van der Waals surface area contributed by atoms with Crippen LogP contribution in [-0.2, 0) is 27.2 Å². The van der Waals surface area contributed by atoms with Gasteiger partial charge in [0.15, 0.2) is 18.2 Å². The van der Waals surface area contributed by atoms with Gasteiger partial charge in [-0.1, -0.05) is 12.1 Å². The average molecular weight is 340 g/mol. The SMILES string of the molecule is CC(=N)C(C#N)C(=O)COC(=O)CCC(=O)c1ccc2c(c1)CCC2. The molecule has 0 bridgehead atoms. The molecule has 25 heavy (non-hydrogen) atoms. The summed E-state index contributed by atoms with van der Waals surface area (Å²) in [7, 11) is 0. The second kappa shape index (κ2) is 8.34. The van der Waals surface area contributed by atoms with E-state index in [1.165, 1.54) is 18.1 Å². The van der Waals surface area contributed by atoms with Crippen LogP contribution in [-0.4, -0.2) is 29.9 Å². The third kappa shape index (κ3) is 4.83. The van der Waals surface area contributed by atoms with E-state index < -0.39 is 24.3 Å². The van der Waals surface area contributed by atoms with Crippen LogP contribution in [0.5, 0.6) is 0 Å². The molecule has 2 rings (SSSR count). The van der Waals surface area contributed by atoms with E-state index in [2.05, 4.69) is 0 Å². The monoisotopic (exact) mass is 340 g/mol. The molecule has 1 N–H and O–H groups in total. The third-order valence-electron chi connectivity index (χ3n) is 4.24. The Bertz CT molecular complexity index is 761. The minimum atomic E-state index is -1.19. The molecule has 0 fully saturated rings. The summed E-state index contributed by atoms with van der Waals surface area (Å²) in [5, 5.41) is 16.1. The van der Waals surface area contributed by atoms with Crippen molar-refractivity contribution >= 4 is 23.2 Å². The van der Waals surface area contributed by atoms with Crippen LogP contribution in [0.1, 0.15) is 47.7 Å². The predicted octanol–water partition coefficient (Wildman–Crippen LogP) is 2.43. The van der Waals surface area contributed by atoms with Crippen LogP contribution in [0, 0.1) is 22.7 Å². The van der Waals surface area contributed by atoms with E-state index in [1.807, 2.05) is 12.1 Å². The number of hydrogen-bond acceptors (Lipinski definition) is 6. The molecular weight excluding hydrogens is 320 g/mol. The predicted molar refractivity (Wildman–Crippen MR) is 90.5 cm³/mol. The zero-order valence-electron chi connectivity index (χ0n) is 14.1. The highest BCUT2D eigenvalue weighted by Crippen LogP contribution is 2.23. The second-order valence-corrected chi connectivity index (χ2v) is 6.13. The maximum absolute atomic E-state index is 12.2. The maximum atomic E-state index is 12.2. The Hall–Kier alpha value is -2.81. The molecule has 0 heterocycles. The Morgan fingerprint density at radius 1 is 1.24 bits per heavy atom. The van der Waals surface area contributed by atoms with Gasteiger partial charge in [0.05, 0.1) is 12.5 Å². The fraction of sp³-hybridized carbons (Fsp3) is 0.421. The Kier molecular flexibility index (Phi) is 6.18. The molecule has 1 aliphatic rings. The van der Waals surface area contributed by atoms with Gasteiger partial charge in [-0.15, -0.1) is 0 Å². The fourth-order valence-corrected chi connectivity index (χ4v) is 2.82. The number of carbonyl (C=O) groups excluding carboxylic acids is 3. The Morgan fingerprint density at radius 3 is 2.64 bits per heavy atom. The van der Waals surface area contributed by atoms with Crippen molar-refractivity contribution in [3.8, 4) is 6.07 Å². The smallest absolute Gasteiger partial charge is 0.306 e. The molecule has 6 heteroatoms. The number of fused-ring (bicyclic) bond motifs is 1. The molecule has 0 spiro atoms. The summed E-state index contributed by atoms with van der Waals surface area (Å²) in [5.74, 6) is -2.63. The summed E-state index contributed by atoms with van der Waals surface area (Å²) < 4.78 is 4.81. The van der Waals surface area contributed by atoms with Gasteiger partial charge in [0.1, 0.15) is 5.92 Å². The van der Waals surface area contributed by atoms with Gasteiger partial charge in [0, 0.05) is 17.7 Å². The van der Waals surface area contributed by atoms with Crippen molar-refractivity contribution in [2.75, 3.05) is 6.61 Å². The number of rotatable bonds is 8. The highest BCUT2D eigenvalue weighted by molar-refractivity contribution is 6.06. The lowest BCUT2D eigenvalue weighted by Gasteiger charge is -2.08. The number of nitriles is 1. The van der Waals surface area contributed by atoms with Gasteiger partial charge >= 0.3 is 5.97 Å². The van der Waals surface area contributed by atoms with E-state index in [1.54, 1.807) is 12.1 Å². The fourth-order valence-electron chi connectivity index (χ4n) is 2.82. The summed E-state index contributed by atoms with van der Waals surface area (Å²) in [6.07, 6.45) is 3.02. The van der Waals surface area contributed by atoms with E-state index in [9.17, 15) is 14.4 Å². The van der Waals surface area contributed by atoms with Crippen molar-refractivity contribution < 1.29 is 19.1 Å². The van der Waals surface area contributed by atoms with Crippen molar-refractivity contribution in [2.24, 2.45) is 5.92 Å². The highest BCUT2D eigenvalue weighted by atomic mass is 16.5. The average Bonchev–Trinajstić information content (AvgIpc) is 3.05. The summed E-state index contributed by atoms with van der Waals surface area (Å²) in [4.78, 5) is 35.6. The van der Waals surface area contributed by atoms with Gasteiger partial charge < -0.3 is 10.1 Å². The number of ketones is 2. The molecule has 1 atom stereocenters. The second-order valence-electron chi connectivity index (χ2n) is 6.13. The van der Waals surface area contributed by atoms with Crippen LogP contribution in [0.15, 0.2) is 18.2 Å². The van der Waals surface area contributed by atoms with Gasteiger partial charge in [-0.2, -0.15) is 5.26 Å². The Morgan fingerprint density at radius 2 is 1.96 bits per heavy atom. The van der Waals surface area contributed by atoms with E-state index in [4.69, 9.17) is 15.4 Å². The maximum Gasteiger partial charge on any atom is 0.306 e. The molecule has 0 aliphatic heterocycles. The van der Waals surface area contributed by atoms with Crippen LogP contribution in [0.4, 0.5) is 0 Å². The molecule has 1 aromatic carbocycles. The minimum Gasteiger partial charge on any atom is -0.458 e. The molecule has 0 saturated heterocycles. The van der Waals surface area contributed by atoms with Gasteiger partial charge in [0.2, 0.25) is 0 Å². The lowest BCUT2D eigenvalue weighted by molar-refractivity contribution is -0.148. The summed E-state index contributed by atoms with van der Waals surface area (Å²) in [6.45, 7) is 0.795. The van der Waals surface area contributed by atoms with Crippen LogP contribution in [0.3, 0.4) is 0 Å². The molecule has 6 nitrogen and oxygen atoms in total. The first kappa shape index (κ1) is 18.5. The molecular formula is C19H20N2O4. The number of Topliss-reactive ketones (excluding diaryl/α,β-unsaturated/α-hetero) is 2. The molecule has 1 aliphatic carbocycles. The number of ether oxygens (including phenoxy) is 1. The molecule has 0 radical (unpaired) electrons.